The molecule has 1 saturated heterocycles. The molecule has 166 valence electrons. The Hall–Kier alpha value is -3.06. The topological polar surface area (TPSA) is 65.1 Å². The summed E-state index contributed by atoms with van der Waals surface area (Å²) in [5, 5.41) is 3.25. The highest BCUT2D eigenvalue weighted by molar-refractivity contribution is 5.97. The van der Waals surface area contributed by atoms with Gasteiger partial charge in [0.1, 0.15) is 12.3 Å². The van der Waals surface area contributed by atoms with Crippen LogP contribution >= 0.6 is 0 Å². The Bertz CT molecular complexity index is 894. The molecule has 0 bridgehead atoms. The monoisotopic (exact) mass is 424 g/mol. The fraction of sp³-hybridized carbons (Fsp3) is 0.417. The first-order valence-corrected chi connectivity index (χ1v) is 10.7. The number of piperazine rings is 1. The molecule has 0 atom stereocenters. The SMILES string of the molecule is CCOc1cccc(CN(CC(=O)N2CCNCC2)C(=O)c2cccc(N(C)C)c2)c1. The Kier molecular flexibility index (Phi) is 7.89. The van der Waals surface area contributed by atoms with E-state index in [0.29, 0.717) is 31.8 Å². The molecule has 7 heteroatoms. The van der Waals surface area contributed by atoms with Gasteiger partial charge in [-0.1, -0.05) is 18.2 Å². The van der Waals surface area contributed by atoms with Crippen LogP contribution in [0.15, 0.2) is 48.5 Å². The van der Waals surface area contributed by atoms with Gasteiger partial charge in [0.2, 0.25) is 5.91 Å². The second-order valence-electron chi connectivity index (χ2n) is 7.82. The maximum absolute atomic E-state index is 13.4. The molecule has 1 aliphatic rings. The lowest BCUT2D eigenvalue weighted by Gasteiger charge is -2.30. The lowest BCUT2D eigenvalue weighted by atomic mass is 10.1. The van der Waals surface area contributed by atoms with Gasteiger partial charge in [0.05, 0.1) is 6.61 Å². The van der Waals surface area contributed by atoms with E-state index in [9.17, 15) is 9.59 Å². The lowest BCUT2D eigenvalue weighted by molar-refractivity contribution is -0.132. The van der Waals surface area contributed by atoms with Crippen LogP contribution in [0.2, 0.25) is 0 Å². The highest BCUT2D eigenvalue weighted by Gasteiger charge is 2.24. The average Bonchev–Trinajstić information content (AvgIpc) is 2.79. The van der Waals surface area contributed by atoms with Gasteiger partial charge in [0.25, 0.3) is 5.91 Å². The van der Waals surface area contributed by atoms with Crippen molar-refractivity contribution in [3.05, 3.63) is 59.7 Å². The molecule has 2 aromatic carbocycles. The van der Waals surface area contributed by atoms with Gasteiger partial charge in [-0.25, -0.2) is 0 Å². The molecular weight excluding hydrogens is 392 g/mol. The van der Waals surface area contributed by atoms with Gasteiger partial charge in [0.15, 0.2) is 0 Å². The number of carbonyl (C=O) groups is 2. The van der Waals surface area contributed by atoms with E-state index in [4.69, 9.17) is 4.74 Å². The van der Waals surface area contributed by atoms with E-state index in [-0.39, 0.29) is 18.4 Å². The second-order valence-corrected chi connectivity index (χ2v) is 7.82. The first-order chi connectivity index (χ1) is 15.0. The van der Waals surface area contributed by atoms with E-state index >= 15 is 0 Å². The van der Waals surface area contributed by atoms with Crippen LogP contribution in [0.3, 0.4) is 0 Å². The number of nitrogens with zero attached hydrogens (tertiary/aromatic N) is 3. The van der Waals surface area contributed by atoms with Gasteiger partial charge in [-0.2, -0.15) is 0 Å². The van der Waals surface area contributed by atoms with Crippen molar-refractivity contribution in [2.24, 2.45) is 0 Å². The van der Waals surface area contributed by atoms with Crippen LogP contribution in [0.5, 0.6) is 5.75 Å². The third-order valence-corrected chi connectivity index (χ3v) is 5.28. The summed E-state index contributed by atoms with van der Waals surface area (Å²) < 4.78 is 5.60. The molecule has 1 fully saturated rings. The molecular formula is C24H32N4O3. The number of hydrogen-bond acceptors (Lipinski definition) is 5. The van der Waals surface area contributed by atoms with Crippen LogP contribution in [0.25, 0.3) is 0 Å². The van der Waals surface area contributed by atoms with E-state index < -0.39 is 0 Å². The minimum absolute atomic E-state index is 0.0282. The minimum Gasteiger partial charge on any atom is -0.494 e. The van der Waals surface area contributed by atoms with E-state index in [1.807, 2.05) is 73.3 Å². The molecule has 0 saturated carbocycles. The zero-order valence-corrected chi connectivity index (χ0v) is 18.6. The molecule has 0 radical (unpaired) electrons. The van der Waals surface area contributed by atoms with Crippen LogP contribution in [-0.2, 0) is 11.3 Å². The van der Waals surface area contributed by atoms with Gasteiger partial charge in [-0.05, 0) is 42.8 Å². The lowest BCUT2D eigenvalue weighted by Crippen LogP contribution is -2.50. The summed E-state index contributed by atoms with van der Waals surface area (Å²) in [5.74, 6) is 0.573. The van der Waals surface area contributed by atoms with E-state index in [1.165, 1.54) is 0 Å². The van der Waals surface area contributed by atoms with Crippen LogP contribution in [0, 0.1) is 0 Å². The summed E-state index contributed by atoms with van der Waals surface area (Å²) in [4.78, 5) is 31.8. The standard InChI is InChI=1S/C24H32N4O3/c1-4-31-22-10-5-7-19(15-22)17-28(18-23(29)27-13-11-25-12-14-27)24(30)20-8-6-9-21(16-20)26(2)3/h5-10,15-16,25H,4,11-14,17-18H2,1-3H3. The third-order valence-electron chi connectivity index (χ3n) is 5.28. The van der Waals surface area contributed by atoms with Crippen LogP contribution in [-0.4, -0.2) is 75.0 Å². The van der Waals surface area contributed by atoms with Crippen molar-refractivity contribution < 1.29 is 14.3 Å². The van der Waals surface area contributed by atoms with Gasteiger partial charge in [-0.3, -0.25) is 9.59 Å². The van der Waals surface area contributed by atoms with Gasteiger partial charge in [0, 0.05) is 58.1 Å². The smallest absolute Gasteiger partial charge is 0.254 e. The summed E-state index contributed by atoms with van der Waals surface area (Å²) in [5.41, 5.74) is 2.44. The number of amides is 2. The highest BCUT2D eigenvalue weighted by Crippen LogP contribution is 2.19. The number of benzene rings is 2. The molecule has 0 spiro atoms. The Morgan fingerprint density at radius 2 is 1.81 bits per heavy atom. The molecule has 0 unspecified atom stereocenters. The predicted octanol–water partition coefficient (Wildman–Crippen LogP) is 2.23. The minimum atomic E-state index is -0.158. The Morgan fingerprint density at radius 3 is 2.52 bits per heavy atom. The molecule has 1 aliphatic heterocycles. The summed E-state index contributed by atoms with van der Waals surface area (Å²) in [6.45, 7) is 5.78. The van der Waals surface area contributed by atoms with E-state index in [0.717, 1.165) is 30.1 Å². The maximum atomic E-state index is 13.4. The number of ether oxygens (including phenoxy) is 1. The van der Waals surface area contributed by atoms with E-state index in [1.54, 1.807) is 11.0 Å². The maximum Gasteiger partial charge on any atom is 0.254 e. The summed E-state index contributed by atoms with van der Waals surface area (Å²) in [7, 11) is 3.88. The second kappa shape index (κ2) is 10.8. The number of rotatable bonds is 8. The first kappa shape index (κ1) is 22.6. The number of hydrogen-bond donors (Lipinski definition) is 1. The fourth-order valence-corrected chi connectivity index (χ4v) is 3.60. The van der Waals surface area contributed by atoms with Gasteiger partial charge >= 0.3 is 0 Å². The van der Waals surface area contributed by atoms with Crippen molar-refractivity contribution in [2.75, 3.05) is 58.3 Å². The molecule has 7 nitrogen and oxygen atoms in total. The van der Waals surface area contributed by atoms with Crippen molar-refractivity contribution in [2.45, 2.75) is 13.5 Å². The fourth-order valence-electron chi connectivity index (χ4n) is 3.60. The van der Waals surface area contributed by atoms with Gasteiger partial charge < -0.3 is 24.8 Å². The van der Waals surface area contributed by atoms with Gasteiger partial charge in [-0.15, -0.1) is 0 Å². The van der Waals surface area contributed by atoms with Crippen molar-refractivity contribution in [1.82, 2.24) is 15.1 Å². The summed E-state index contributed by atoms with van der Waals surface area (Å²) in [6, 6.07) is 15.2. The summed E-state index contributed by atoms with van der Waals surface area (Å²) >= 11 is 0. The molecule has 2 amide bonds. The first-order valence-electron chi connectivity index (χ1n) is 10.7. The molecule has 1 N–H and O–H groups in total. The van der Waals surface area contributed by atoms with E-state index in [2.05, 4.69) is 5.32 Å². The quantitative estimate of drug-likeness (QED) is 0.704. The Balaban J connectivity index is 1.84. The number of carbonyl (C=O) groups excluding carboxylic acids is 2. The van der Waals surface area contributed by atoms with Crippen molar-refractivity contribution in [1.29, 1.82) is 0 Å². The molecule has 1 heterocycles. The average molecular weight is 425 g/mol. The zero-order valence-electron chi connectivity index (χ0n) is 18.6. The van der Waals surface area contributed by atoms with Crippen LogP contribution in [0.1, 0.15) is 22.8 Å². The zero-order chi connectivity index (χ0) is 22.2. The highest BCUT2D eigenvalue weighted by atomic mass is 16.5. The molecule has 2 aromatic rings. The number of nitrogens with one attached hydrogen (secondary N) is 1. The van der Waals surface area contributed by atoms with Crippen molar-refractivity contribution in [3.63, 3.8) is 0 Å². The Labute approximate surface area is 184 Å². The molecule has 0 aromatic heterocycles. The normalized spacial score (nSPS) is 13.6. The number of anilines is 1. The molecule has 31 heavy (non-hydrogen) atoms. The molecule has 0 aliphatic carbocycles. The van der Waals surface area contributed by atoms with Crippen molar-refractivity contribution >= 4 is 17.5 Å². The molecule has 3 rings (SSSR count). The summed E-state index contributed by atoms with van der Waals surface area (Å²) in [6.07, 6.45) is 0. The largest absolute Gasteiger partial charge is 0.494 e. The Morgan fingerprint density at radius 1 is 1.06 bits per heavy atom. The van der Waals surface area contributed by atoms with Crippen molar-refractivity contribution in [3.8, 4) is 5.75 Å². The third kappa shape index (κ3) is 6.21. The van der Waals surface area contributed by atoms with Crippen LogP contribution in [0.4, 0.5) is 5.69 Å². The van der Waals surface area contributed by atoms with Crippen LogP contribution < -0.4 is 15.0 Å². The predicted molar refractivity (Wildman–Crippen MR) is 123 cm³/mol.